The molecule has 0 radical (unpaired) electrons. The van der Waals surface area contributed by atoms with E-state index < -0.39 is 12.0 Å². The summed E-state index contributed by atoms with van der Waals surface area (Å²) in [5, 5.41) is 8.94. The first-order chi connectivity index (χ1) is 8.13. The van der Waals surface area contributed by atoms with E-state index in [0.717, 1.165) is 19.3 Å². The number of hydrogen-bond donors (Lipinski definition) is 1. The fourth-order valence-electron chi connectivity index (χ4n) is 2.21. The summed E-state index contributed by atoms with van der Waals surface area (Å²) in [5.41, 5.74) is 3.20. The minimum atomic E-state index is -1.00. The van der Waals surface area contributed by atoms with Crippen LogP contribution in [0.2, 0.25) is 0 Å². The number of carbonyl (C=O) groups is 2. The lowest BCUT2D eigenvalue weighted by molar-refractivity contribution is -0.138. The maximum atomic E-state index is 11.0. The largest absolute Gasteiger partial charge is 0.480 e. The van der Waals surface area contributed by atoms with Crippen LogP contribution in [0.3, 0.4) is 0 Å². The van der Waals surface area contributed by atoms with Gasteiger partial charge >= 0.3 is 5.97 Å². The van der Waals surface area contributed by atoms with E-state index in [-0.39, 0.29) is 0 Å². The molecule has 17 heavy (non-hydrogen) atoms. The van der Waals surface area contributed by atoms with Crippen LogP contribution >= 0.6 is 0 Å². The minimum absolute atomic E-state index is 0.579. The normalized spacial score (nSPS) is 15.1. The molecule has 0 spiro atoms. The summed E-state index contributed by atoms with van der Waals surface area (Å²) in [6.45, 7) is 1.50. The highest BCUT2D eigenvalue weighted by molar-refractivity contribution is 5.87. The van der Waals surface area contributed by atoms with Crippen molar-refractivity contribution in [2.45, 2.75) is 32.2 Å². The molecule has 0 fully saturated rings. The summed E-state index contributed by atoms with van der Waals surface area (Å²) >= 11 is 0. The molecule has 0 saturated carbocycles. The van der Waals surface area contributed by atoms with Crippen LogP contribution in [-0.2, 0) is 22.4 Å². The van der Waals surface area contributed by atoms with Crippen LogP contribution in [0.5, 0.6) is 0 Å². The van der Waals surface area contributed by atoms with Crippen molar-refractivity contribution in [3.05, 3.63) is 29.3 Å². The number of amides is 1. The number of fused-ring (bicyclic) bond motifs is 1. The molecular formula is C13H15NO3. The number of carboxylic acids is 1. The molecule has 4 nitrogen and oxygen atoms in total. The first-order valence-electron chi connectivity index (χ1n) is 5.71. The zero-order chi connectivity index (χ0) is 12.4. The summed E-state index contributed by atoms with van der Waals surface area (Å²) in [6, 6.07) is 4.89. The molecular weight excluding hydrogens is 218 g/mol. The van der Waals surface area contributed by atoms with Crippen molar-refractivity contribution < 1.29 is 14.7 Å². The predicted molar refractivity (Wildman–Crippen MR) is 64.1 cm³/mol. The van der Waals surface area contributed by atoms with Crippen molar-refractivity contribution in [3.63, 3.8) is 0 Å². The van der Waals surface area contributed by atoms with E-state index in [2.05, 4.69) is 0 Å². The second-order valence-corrected chi connectivity index (χ2v) is 4.33. The van der Waals surface area contributed by atoms with Crippen LogP contribution in [0, 0.1) is 0 Å². The minimum Gasteiger partial charge on any atom is -0.480 e. The lowest BCUT2D eigenvalue weighted by Gasteiger charge is -2.22. The van der Waals surface area contributed by atoms with Gasteiger partial charge in [0.2, 0.25) is 6.41 Å². The van der Waals surface area contributed by atoms with Gasteiger partial charge in [-0.3, -0.25) is 4.79 Å². The Bertz CT molecular complexity index is 456. The molecule has 2 rings (SSSR count). The van der Waals surface area contributed by atoms with Gasteiger partial charge in [0.05, 0.1) is 0 Å². The number of rotatable bonds is 4. The van der Waals surface area contributed by atoms with Gasteiger partial charge in [-0.25, -0.2) is 4.79 Å². The van der Waals surface area contributed by atoms with Gasteiger partial charge in [0.15, 0.2) is 0 Å². The van der Waals surface area contributed by atoms with Crippen LogP contribution in [0.4, 0.5) is 5.69 Å². The number of carboxylic acid groups (broad SMARTS) is 1. The zero-order valence-electron chi connectivity index (χ0n) is 9.72. The Morgan fingerprint density at radius 1 is 1.41 bits per heavy atom. The van der Waals surface area contributed by atoms with E-state index >= 15 is 0 Å². The van der Waals surface area contributed by atoms with Gasteiger partial charge in [-0.1, -0.05) is 6.07 Å². The van der Waals surface area contributed by atoms with E-state index in [9.17, 15) is 9.59 Å². The standard InChI is InChI=1S/C13H15NO3/c1-9(13(16)17)14(8-15)12-6-5-10-3-2-4-11(10)7-12/h5-9H,2-4H2,1H3,(H,16,17). The number of nitrogens with zero attached hydrogens (tertiary/aromatic N) is 1. The molecule has 90 valence electrons. The Hall–Kier alpha value is -1.84. The lowest BCUT2D eigenvalue weighted by Crippen LogP contribution is -2.38. The molecule has 1 unspecified atom stereocenters. The summed E-state index contributed by atoms with van der Waals surface area (Å²) in [5.74, 6) is -1.00. The third-order valence-electron chi connectivity index (χ3n) is 3.27. The molecule has 0 heterocycles. The molecule has 1 N–H and O–H groups in total. The van der Waals surface area contributed by atoms with Gasteiger partial charge in [-0.2, -0.15) is 0 Å². The highest BCUT2D eigenvalue weighted by Gasteiger charge is 2.21. The highest BCUT2D eigenvalue weighted by atomic mass is 16.4. The van der Waals surface area contributed by atoms with E-state index in [1.807, 2.05) is 18.2 Å². The first-order valence-corrected chi connectivity index (χ1v) is 5.71. The third kappa shape index (κ3) is 2.16. The average Bonchev–Trinajstić information content (AvgIpc) is 2.77. The summed E-state index contributed by atoms with van der Waals surface area (Å²) in [4.78, 5) is 23.2. The molecule has 4 heteroatoms. The fourth-order valence-corrected chi connectivity index (χ4v) is 2.21. The fraction of sp³-hybridized carbons (Fsp3) is 0.385. The predicted octanol–water partition coefficient (Wildman–Crippen LogP) is 1.61. The SMILES string of the molecule is CC(C(=O)O)N(C=O)c1ccc2c(c1)CCC2. The summed E-state index contributed by atoms with van der Waals surface area (Å²) < 4.78 is 0. The second-order valence-electron chi connectivity index (χ2n) is 4.33. The molecule has 1 amide bonds. The number of anilines is 1. The molecule has 1 aliphatic rings. The van der Waals surface area contributed by atoms with Crippen LogP contribution in [0.1, 0.15) is 24.5 Å². The molecule has 1 atom stereocenters. The summed E-state index contributed by atoms with van der Waals surface area (Å²) in [6.07, 6.45) is 3.80. The van der Waals surface area contributed by atoms with E-state index in [1.54, 1.807) is 0 Å². The second kappa shape index (κ2) is 4.57. The number of aliphatic carboxylic acids is 1. The monoisotopic (exact) mass is 233 g/mol. The van der Waals surface area contributed by atoms with Gasteiger partial charge < -0.3 is 10.0 Å². The molecule has 1 aromatic rings. The Balaban J connectivity index is 2.31. The zero-order valence-corrected chi connectivity index (χ0v) is 9.72. The maximum absolute atomic E-state index is 11.0. The highest BCUT2D eigenvalue weighted by Crippen LogP contribution is 2.27. The number of carbonyl (C=O) groups excluding carboxylic acids is 1. The number of benzene rings is 1. The van der Waals surface area contributed by atoms with Crippen LogP contribution in [0.25, 0.3) is 0 Å². The summed E-state index contributed by atoms with van der Waals surface area (Å²) in [7, 11) is 0. The van der Waals surface area contributed by atoms with E-state index in [4.69, 9.17) is 5.11 Å². The molecule has 0 aromatic heterocycles. The molecule has 0 bridgehead atoms. The van der Waals surface area contributed by atoms with Crippen LogP contribution in [-0.4, -0.2) is 23.5 Å². The van der Waals surface area contributed by atoms with Crippen molar-refractivity contribution in [1.29, 1.82) is 0 Å². The molecule has 1 aromatic carbocycles. The van der Waals surface area contributed by atoms with E-state index in [1.165, 1.54) is 23.0 Å². The molecule has 1 aliphatic carbocycles. The average molecular weight is 233 g/mol. The van der Waals surface area contributed by atoms with Gasteiger partial charge in [0, 0.05) is 5.69 Å². The smallest absolute Gasteiger partial charge is 0.326 e. The van der Waals surface area contributed by atoms with Crippen molar-refractivity contribution in [1.82, 2.24) is 0 Å². The Kier molecular flexibility index (Phi) is 3.13. The number of hydrogen-bond acceptors (Lipinski definition) is 2. The molecule has 0 aliphatic heterocycles. The van der Waals surface area contributed by atoms with Gasteiger partial charge in [0.1, 0.15) is 6.04 Å². The first kappa shape index (κ1) is 11.6. The van der Waals surface area contributed by atoms with Gasteiger partial charge in [-0.05, 0) is 49.4 Å². The van der Waals surface area contributed by atoms with Crippen molar-refractivity contribution in [3.8, 4) is 0 Å². The Labute approximate surface area is 99.9 Å². The lowest BCUT2D eigenvalue weighted by atomic mass is 10.1. The van der Waals surface area contributed by atoms with Gasteiger partial charge in [0.25, 0.3) is 0 Å². The topological polar surface area (TPSA) is 57.6 Å². The Morgan fingerprint density at radius 2 is 2.12 bits per heavy atom. The van der Waals surface area contributed by atoms with Crippen LogP contribution < -0.4 is 4.90 Å². The number of aryl methyl sites for hydroxylation is 2. The quantitative estimate of drug-likeness (QED) is 0.804. The van der Waals surface area contributed by atoms with E-state index in [0.29, 0.717) is 12.1 Å². The van der Waals surface area contributed by atoms with Gasteiger partial charge in [-0.15, -0.1) is 0 Å². The molecule has 0 saturated heterocycles. The third-order valence-corrected chi connectivity index (χ3v) is 3.27. The van der Waals surface area contributed by atoms with Crippen molar-refractivity contribution in [2.24, 2.45) is 0 Å². The van der Waals surface area contributed by atoms with Crippen molar-refractivity contribution in [2.75, 3.05) is 4.90 Å². The maximum Gasteiger partial charge on any atom is 0.326 e. The Morgan fingerprint density at radius 3 is 2.76 bits per heavy atom. The van der Waals surface area contributed by atoms with Crippen molar-refractivity contribution >= 4 is 18.1 Å². The van der Waals surface area contributed by atoms with Crippen LogP contribution in [0.15, 0.2) is 18.2 Å².